The predicted molar refractivity (Wildman–Crippen MR) is 92.6 cm³/mol. The minimum atomic E-state index is -0.471. The molecule has 2 rings (SSSR count). The van der Waals surface area contributed by atoms with E-state index < -0.39 is 11.8 Å². The number of hydrogen-bond acceptors (Lipinski definition) is 4. The molecule has 7 heteroatoms. The molecule has 0 aliphatic carbocycles. The molecule has 0 aliphatic heterocycles. The summed E-state index contributed by atoms with van der Waals surface area (Å²) >= 11 is 3.31. The summed E-state index contributed by atoms with van der Waals surface area (Å²) in [5, 5.41) is 0. The summed E-state index contributed by atoms with van der Waals surface area (Å²) in [5.41, 5.74) is 5.55. The molecule has 126 valence electrons. The summed E-state index contributed by atoms with van der Waals surface area (Å²) < 4.78 is 11.5. The largest absolute Gasteiger partial charge is 0.484 e. The van der Waals surface area contributed by atoms with E-state index in [2.05, 4.69) is 26.8 Å². The molecule has 2 aromatic rings. The van der Waals surface area contributed by atoms with Gasteiger partial charge in [-0.05, 0) is 48.9 Å². The lowest BCUT2D eigenvalue weighted by atomic mass is 10.2. The number of hydrazine groups is 1. The summed E-state index contributed by atoms with van der Waals surface area (Å²) in [6.45, 7) is 1.52. The van der Waals surface area contributed by atoms with Crippen molar-refractivity contribution in [1.82, 2.24) is 10.9 Å². The van der Waals surface area contributed by atoms with E-state index >= 15 is 0 Å². The molecular weight excluding hydrogens is 376 g/mol. The van der Waals surface area contributed by atoms with Gasteiger partial charge in [0.15, 0.2) is 13.2 Å². The molecule has 0 unspecified atom stereocenters. The highest BCUT2D eigenvalue weighted by atomic mass is 79.9. The maximum atomic E-state index is 11.6. The van der Waals surface area contributed by atoms with Gasteiger partial charge in [0.05, 0.1) is 0 Å². The zero-order valence-electron chi connectivity index (χ0n) is 13.0. The van der Waals surface area contributed by atoms with Crippen LogP contribution in [0, 0.1) is 6.92 Å². The number of benzene rings is 2. The van der Waals surface area contributed by atoms with Crippen molar-refractivity contribution in [2.24, 2.45) is 0 Å². The summed E-state index contributed by atoms with van der Waals surface area (Å²) in [6, 6.07) is 14.4. The Morgan fingerprint density at radius 1 is 0.917 bits per heavy atom. The molecule has 0 fully saturated rings. The average molecular weight is 393 g/mol. The molecule has 0 aliphatic rings. The van der Waals surface area contributed by atoms with Crippen LogP contribution < -0.4 is 20.3 Å². The van der Waals surface area contributed by atoms with Crippen LogP contribution in [0.4, 0.5) is 0 Å². The predicted octanol–water partition coefficient (Wildman–Crippen LogP) is 2.36. The molecule has 0 saturated carbocycles. The first kappa shape index (κ1) is 17.8. The number of amides is 2. The number of hydrogen-bond donors (Lipinski definition) is 2. The molecule has 0 saturated heterocycles. The van der Waals surface area contributed by atoms with Crippen molar-refractivity contribution in [3.05, 3.63) is 58.6 Å². The van der Waals surface area contributed by atoms with Crippen LogP contribution in [0.15, 0.2) is 53.0 Å². The summed E-state index contributed by atoms with van der Waals surface area (Å²) in [4.78, 5) is 23.2. The van der Waals surface area contributed by atoms with Gasteiger partial charge in [0.2, 0.25) is 0 Å². The summed E-state index contributed by atoms with van der Waals surface area (Å²) in [6.07, 6.45) is 0. The fourth-order valence-electron chi connectivity index (χ4n) is 1.75. The van der Waals surface area contributed by atoms with E-state index in [1.165, 1.54) is 0 Å². The molecule has 2 aromatic carbocycles. The molecule has 0 heterocycles. The second-order valence-corrected chi connectivity index (χ2v) is 5.86. The van der Waals surface area contributed by atoms with E-state index in [1.54, 1.807) is 30.3 Å². The molecule has 0 bridgehead atoms. The van der Waals surface area contributed by atoms with Crippen molar-refractivity contribution >= 4 is 27.7 Å². The number of carbonyl (C=O) groups is 2. The Labute approximate surface area is 148 Å². The fourth-order valence-corrected chi connectivity index (χ4v) is 2.01. The first-order valence-corrected chi connectivity index (χ1v) is 7.98. The smallest absolute Gasteiger partial charge is 0.276 e. The van der Waals surface area contributed by atoms with Gasteiger partial charge >= 0.3 is 0 Å². The van der Waals surface area contributed by atoms with E-state index in [1.807, 2.05) is 25.1 Å². The average Bonchev–Trinajstić information content (AvgIpc) is 2.57. The first-order chi connectivity index (χ1) is 11.5. The highest BCUT2D eigenvalue weighted by Crippen LogP contribution is 2.15. The SMILES string of the molecule is Cc1cccc(OCC(=O)NNC(=O)COc2ccc(Br)cc2)c1. The van der Waals surface area contributed by atoms with Crippen LogP contribution in [0.25, 0.3) is 0 Å². The third-order valence-electron chi connectivity index (χ3n) is 2.88. The van der Waals surface area contributed by atoms with E-state index in [4.69, 9.17) is 9.47 Å². The normalized spacial score (nSPS) is 9.92. The number of rotatable bonds is 6. The van der Waals surface area contributed by atoms with E-state index in [9.17, 15) is 9.59 Å². The topological polar surface area (TPSA) is 76.7 Å². The molecule has 0 radical (unpaired) electrons. The monoisotopic (exact) mass is 392 g/mol. The highest BCUT2D eigenvalue weighted by molar-refractivity contribution is 9.10. The lowest BCUT2D eigenvalue weighted by Gasteiger charge is -2.10. The van der Waals surface area contributed by atoms with Crippen molar-refractivity contribution in [1.29, 1.82) is 0 Å². The Morgan fingerprint density at radius 2 is 1.50 bits per heavy atom. The third kappa shape index (κ3) is 6.29. The van der Waals surface area contributed by atoms with Gasteiger partial charge in [0.25, 0.3) is 11.8 Å². The zero-order chi connectivity index (χ0) is 17.4. The van der Waals surface area contributed by atoms with Gasteiger partial charge in [0.1, 0.15) is 11.5 Å². The number of carbonyl (C=O) groups excluding carboxylic acids is 2. The Bertz CT molecular complexity index is 704. The highest BCUT2D eigenvalue weighted by Gasteiger charge is 2.06. The first-order valence-electron chi connectivity index (χ1n) is 7.18. The van der Waals surface area contributed by atoms with Crippen LogP contribution in [0.5, 0.6) is 11.5 Å². The van der Waals surface area contributed by atoms with Crippen LogP contribution in [-0.4, -0.2) is 25.0 Å². The zero-order valence-corrected chi connectivity index (χ0v) is 14.6. The quantitative estimate of drug-likeness (QED) is 0.739. The van der Waals surface area contributed by atoms with Gasteiger partial charge < -0.3 is 9.47 Å². The van der Waals surface area contributed by atoms with Crippen LogP contribution in [0.3, 0.4) is 0 Å². The number of halogens is 1. The summed E-state index contributed by atoms with van der Waals surface area (Å²) in [5.74, 6) is 0.216. The van der Waals surface area contributed by atoms with Crippen LogP contribution in [-0.2, 0) is 9.59 Å². The molecule has 0 aromatic heterocycles. The fraction of sp³-hybridized carbons (Fsp3) is 0.176. The Kier molecular flexibility index (Phi) is 6.62. The minimum absolute atomic E-state index is 0.197. The van der Waals surface area contributed by atoms with Gasteiger partial charge in [-0.25, -0.2) is 0 Å². The van der Waals surface area contributed by atoms with Gasteiger partial charge in [-0.3, -0.25) is 20.4 Å². The molecule has 6 nitrogen and oxygen atoms in total. The van der Waals surface area contributed by atoms with Crippen molar-refractivity contribution in [2.75, 3.05) is 13.2 Å². The van der Waals surface area contributed by atoms with Gasteiger partial charge in [-0.1, -0.05) is 28.1 Å². The maximum absolute atomic E-state index is 11.6. The molecule has 2 amide bonds. The lowest BCUT2D eigenvalue weighted by Crippen LogP contribution is -2.45. The second kappa shape index (κ2) is 8.93. The maximum Gasteiger partial charge on any atom is 0.276 e. The third-order valence-corrected chi connectivity index (χ3v) is 3.41. The van der Waals surface area contributed by atoms with E-state index in [0.29, 0.717) is 11.5 Å². The standard InChI is InChI=1S/C17H17BrN2O4/c1-12-3-2-4-15(9-12)24-11-17(22)20-19-16(21)10-23-14-7-5-13(18)6-8-14/h2-9H,10-11H2,1H3,(H,19,21)(H,20,22). The minimum Gasteiger partial charge on any atom is -0.484 e. The Hall–Kier alpha value is -2.54. The Balaban J connectivity index is 1.65. The van der Waals surface area contributed by atoms with E-state index in [0.717, 1.165) is 10.0 Å². The van der Waals surface area contributed by atoms with Crippen LogP contribution in [0.1, 0.15) is 5.56 Å². The second-order valence-electron chi connectivity index (χ2n) is 4.94. The van der Waals surface area contributed by atoms with E-state index in [-0.39, 0.29) is 13.2 Å². The van der Waals surface area contributed by atoms with Crippen molar-refractivity contribution in [3.8, 4) is 11.5 Å². The number of nitrogens with one attached hydrogen (secondary N) is 2. The van der Waals surface area contributed by atoms with Crippen molar-refractivity contribution < 1.29 is 19.1 Å². The Morgan fingerprint density at radius 3 is 2.08 bits per heavy atom. The van der Waals surface area contributed by atoms with Crippen molar-refractivity contribution in [2.45, 2.75) is 6.92 Å². The number of ether oxygens (including phenoxy) is 2. The van der Waals surface area contributed by atoms with Gasteiger partial charge in [-0.15, -0.1) is 0 Å². The number of aryl methyl sites for hydroxylation is 1. The molecule has 24 heavy (non-hydrogen) atoms. The molecule has 0 spiro atoms. The van der Waals surface area contributed by atoms with Crippen LogP contribution in [0.2, 0.25) is 0 Å². The van der Waals surface area contributed by atoms with Crippen molar-refractivity contribution in [3.63, 3.8) is 0 Å². The molecular formula is C17H17BrN2O4. The van der Waals surface area contributed by atoms with Crippen LogP contribution >= 0.6 is 15.9 Å². The van der Waals surface area contributed by atoms with Gasteiger partial charge in [-0.2, -0.15) is 0 Å². The molecule has 2 N–H and O–H groups in total. The molecule has 0 atom stereocenters. The lowest BCUT2D eigenvalue weighted by molar-refractivity contribution is -0.131. The summed E-state index contributed by atoms with van der Waals surface area (Å²) in [7, 11) is 0. The van der Waals surface area contributed by atoms with Gasteiger partial charge in [0, 0.05) is 4.47 Å².